The maximum absolute atomic E-state index is 13.0. The van der Waals surface area contributed by atoms with Crippen molar-refractivity contribution in [2.75, 3.05) is 31.1 Å². The van der Waals surface area contributed by atoms with Crippen LogP contribution in [0.15, 0.2) is 34.1 Å². The van der Waals surface area contributed by atoms with Crippen molar-refractivity contribution in [2.45, 2.75) is 32.2 Å². The Balaban J connectivity index is 1.40. The van der Waals surface area contributed by atoms with E-state index in [1.165, 1.54) is 11.3 Å². The summed E-state index contributed by atoms with van der Waals surface area (Å²) >= 11 is 4.72. The topological polar surface area (TPSA) is 95.7 Å². The highest BCUT2D eigenvalue weighted by atomic mass is 79.9. The van der Waals surface area contributed by atoms with E-state index < -0.39 is 0 Å². The van der Waals surface area contributed by atoms with Gasteiger partial charge in [0.25, 0.3) is 11.8 Å². The molecule has 2 aliphatic heterocycles. The molecule has 1 unspecified atom stereocenters. The van der Waals surface area contributed by atoms with Crippen molar-refractivity contribution in [3.05, 3.63) is 50.1 Å². The van der Waals surface area contributed by atoms with Crippen molar-refractivity contribution >= 4 is 50.7 Å². The van der Waals surface area contributed by atoms with E-state index in [0.717, 1.165) is 41.0 Å². The van der Waals surface area contributed by atoms with E-state index in [2.05, 4.69) is 21.2 Å². The van der Waals surface area contributed by atoms with E-state index in [0.29, 0.717) is 29.4 Å². The molecule has 2 saturated heterocycles. The molecule has 1 aromatic heterocycles. The van der Waals surface area contributed by atoms with Crippen molar-refractivity contribution in [3.8, 4) is 0 Å². The van der Waals surface area contributed by atoms with E-state index in [9.17, 15) is 14.4 Å². The van der Waals surface area contributed by atoms with Crippen molar-refractivity contribution < 1.29 is 14.4 Å². The molecule has 0 spiro atoms. The number of piperidine rings is 1. The third-order valence-electron chi connectivity index (χ3n) is 6.24. The highest BCUT2D eigenvalue weighted by Crippen LogP contribution is 2.27. The molecule has 0 saturated carbocycles. The van der Waals surface area contributed by atoms with Gasteiger partial charge in [-0.3, -0.25) is 14.4 Å². The van der Waals surface area contributed by atoms with Gasteiger partial charge >= 0.3 is 0 Å². The van der Waals surface area contributed by atoms with Crippen LogP contribution in [0.3, 0.4) is 0 Å². The van der Waals surface area contributed by atoms with Gasteiger partial charge in [0.05, 0.1) is 14.7 Å². The lowest BCUT2D eigenvalue weighted by atomic mass is 9.96. The van der Waals surface area contributed by atoms with E-state index >= 15 is 0 Å². The second-order valence-electron chi connectivity index (χ2n) is 8.45. The van der Waals surface area contributed by atoms with Crippen LogP contribution in [0.25, 0.3) is 0 Å². The molecular weight excluding hydrogens is 492 g/mol. The molecule has 0 bridgehead atoms. The van der Waals surface area contributed by atoms with E-state index in [-0.39, 0.29) is 30.2 Å². The van der Waals surface area contributed by atoms with Gasteiger partial charge in [-0.1, -0.05) is 0 Å². The number of nitrogens with zero attached hydrogens (tertiary/aromatic N) is 2. The fourth-order valence-corrected chi connectivity index (χ4v) is 5.63. The lowest BCUT2D eigenvalue weighted by molar-refractivity contribution is -0.117. The number of hydrogen-bond donors (Lipinski definition) is 2. The van der Waals surface area contributed by atoms with E-state index in [4.69, 9.17) is 5.73 Å². The minimum atomic E-state index is -0.249. The summed E-state index contributed by atoms with van der Waals surface area (Å²) in [5.41, 5.74) is 8.02. The Morgan fingerprint density at radius 1 is 1.22 bits per heavy atom. The zero-order chi connectivity index (χ0) is 22.8. The Morgan fingerprint density at radius 3 is 2.59 bits per heavy atom. The number of anilines is 1. The highest BCUT2D eigenvalue weighted by Gasteiger charge is 2.32. The van der Waals surface area contributed by atoms with Crippen LogP contribution < -0.4 is 16.0 Å². The number of rotatable bonds is 5. The van der Waals surface area contributed by atoms with Gasteiger partial charge in [0.15, 0.2) is 0 Å². The number of halogens is 1. The number of thiophene rings is 1. The van der Waals surface area contributed by atoms with Crippen molar-refractivity contribution in [2.24, 2.45) is 11.7 Å². The molecule has 4 rings (SSSR count). The quantitative estimate of drug-likeness (QED) is 0.635. The van der Waals surface area contributed by atoms with Gasteiger partial charge in [0.2, 0.25) is 5.91 Å². The van der Waals surface area contributed by atoms with E-state index in [1.807, 2.05) is 36.1 Å². The molecule has 0 aliphatic carbocycles. The summed E-state index contributed by atoms with van der Waals surface area (Å²) in [6.45, 7) is 4.45. The zero-order valence-corrected chi connectivity index (χ0v) is 20.4. The predicted octanol–water partition coefficient (Wildman–Crippen LogP) is 3.17. The van der Waals surface area contributed by atoms with E-state index in [1.54, 1.807) is 11.0 Å². The van der Waals surface area contributed by atoms with Crippen molar-refractivity contribution in [3.63, 3.8) is 0 Å². The number of carbonyl (C=O) groups is 3. The summed E-state index contributed by atoms with van der Waals surface area (Å²) in [6.07, 6.45) is 2.14. The first kappa shape index (κ1) is 22.9. The standard InChI is InChI=1S/C23H27BrN4O3S/c1-14-10-17(2-3-18(14)23(31)27-8-6-15(12-25)7-9-27)28-13-16(11-21(28)29)26-22(30)19-4-5-20(24)32-19/h2-5,10,15-16H,6-9,11-13,25H2,1H3,(H,26,30). The van der Waals surface area contributed by atoms with Gasteiger partial charge in [-0.15, -0.1) is 11.3 Å². The van der Waals surface area contributed by atoms with Gasteiger partial charge < -0.3 is 20.9 Å². The normalized spacial score (nSPS) is 19.5. The number of benzene rings is 1. The van der Waals surface area contributed by atoms with Crippen LogP contribution in [0.4, 0.5) is 5.69 Å². The van der Waals surface area contributed by atoms with Crippen LogP contribution in [0, 0.1) is 12.8 Å². The van der Waals surface area contributed by atoms with Gasteiger partial charge in [-0.05, 0) is 84.1 Å². The number of amides is 3. The predicted molar refractivity (Wildman–Crippen MR) is 129 cm³/mol. The summed E-state index contributed by atoms with van der Waals surface area (Å²) in [4.78, 5) is 42.2. The Bertz CT molecular complexity index is 1030. The number of nitrogens with one attached hydrogen (secondary N) is 1. The minimum Gasteiger partial charge on any atom is -0.346 e. The smallest absolute Gasteiger partial charge is 0.261 e. The third-order valence-corrected chi connectivity index (χ3v) is 7.87. The maximum Gasteiger partial charge on any atom is 0.261 e. The molecule has 170 valence electrons. The van der Waals surface area contributed by atoms with Gasteiger partial charge in [0.1, 0.15) is 0 Å². The number of aryl methyl sites for hydroxylation is 1. The molecule has 0 radical (unpaired) electrons. The first-order chi connectivity index (χ1) is 15.4. The molecule has 7 nitrogen and oxygen atoms in total. The Hall–Kier alpha value is -2.23. The number of likely N-dealkylation sites (tertiary alicyclic amines) is 1. The second-order valence-corrected chi connectivity index (χ2v) is 10.9. The van der Waals surface area contributed by atoms with Crippen LogP contribution in [0.1, 0.15) is 44.9 Å². The molecule has 9 heteroatoms. The van der Waals surface area contributed by atoms with Crippen molar-refractivity contribution in [1.82, 2.24) is 10.2 Å². The summed E-state index contributed by atoms with van der Waals surface area (Å²) in [5.74, 6) is 0.323. The molecule has 2 fully saturated rings. The fourth-order valence-electron chi connectivity index (χ4n) is 4.34. The average Bonchev–Trinajstić information content (AvgIpc) is 3.38. The van der Waals surface area contributed by atoms with Crippen LogP contribution in [-0.4, -0.2) is 54.8 Å². The summed E-state index contributed by atoms with van der Waals surface area (Å²) in [6, 6.07) is 8.86. The van der Waals surface area contributed by atoms with Crippen LogP contribution in [-0.2, 0) is 4.79 Å². The maximum atomic E-state index is 13.0. The highest BCUT2D eigenvalue weighted by molar-refractivity contribution is 9.11. The summed E-state index contributed by atoms with van der Waals surface area (Å²) < 4.78 is 0.889. The Kier molecular flexibility index (Phi) is 6.97. The minimum absolute atomic E-state index is 0.0320. The average molecular weight is 519 g/mol. The van der Waals surface area contributed by atoms with Crippen LogP contribution >= 0.6 is 27.3 Å². The Morgan fingerprint density at radius 2 is 1.97 bits per heavy atom. The SMILES string of the molecule is Cc1cc(N2CC(NC(=O)c3ccc(Br)s3)CC2=O)ccc1C(=O)N1CCC(CN)CC1. The van der Waals surface area contributed by atoms with Gasteiger partial charge in [0, 0.05) is 37.3 Å². The number of nitrogens with two attached hydrogens (primary N) is 1. The third kappa shape index (κ3) is 4.89. The molecule has 1 aromatic carbocycles. The zero-order valence-electron chi connectivity index (χ0n) is 18.0. The van der Waals surface area contributed by atoms with Gasteiger partial charge in [-0.2, -0.15) is 0 Å². The van der Waals surface area contributed by atoms with Crippen LogP contribution in [0.5, 0.6) is 0 Å². The fraction of sp³-hybridized carbons (Fsp3) is 0.435. The second kappa shape index (κ2) is 9.72. The lowest BCUT2D eigenvalue weighted by Crippen LogP contribution is -2.40. The molecule has 2 aromatic rings. The molecule has 3 heterocycles. The monoisotopic (exact) mass is 518 g/mol. The van der Waals surface area contributed by atoms with Crippen LogP contribution in [0.2, 0.25) is 0 Å². The molecule has 2 aliphatic rings. The first-order valence-electron chi connectivity index (χ1n) is 10.8. The first-order valence-corrected chi connectivity index (χ1v) is 12.4. The number of hydrogen-bond acceptors (Lipinski definition) is 5. The molecule has 32 heavy (non-hydrogen) atoms. The lowest BCUT2D eigenvalue weighted by Gasteiger charge is -2.32. The molecule has 3 amide bonds. The number of carbonyl (C=O) groups excluding carboxylic acids is 3. The molecular formula is C23H27BrN4O3S. The summed E-state index contributed by atoms with van der Waals surface area (Å²) in [5, 5.41) is 2.95. The largest absolute Gasteiger partial charge is 0.346 e. The van der Waals surface area contributed by atoms with Crippen molar-refractivity contribution in [1.29, 1.82) is 0 Å². The summed E-state index contributed by atoms with van der Waals surface area (Å²) in [7, 11) is 0. The van der Waals surface area contributed by atoms with Gasteiger partial charge in [-0.25, -0.2) is 0 Å². The molecule has 3 N–H and O–H groups in total. The Labute approximate surface area is 200 Å². The molecule has 1 atom stereocenters.